The topological polar surface area (TPSA) is 75.2 Å². The highest BCUT2D eigenvalue weighted by molar-refractivity contribution is 5.86. The molecular weight excluding hydrogens is 304 g/mol. The summed E-state index contributed by atoms with van der Waals surface area (Å²) >= 11 is 0. The van der Waals surface area contributed by atoms with Gasteiger partial charge in [0.2, 0.25) is 0 Å². The largest absolute Gasteiger partial charge is 0.383 e. The van der Waals surface area contributed by atoms with E-state index in [1.165, 1.54) is 12.7 Å². The molecule has 0 amide bonds. The molecule has 2 aliphatic carbocycles. The smallest absolute Gasteiger partial charge is 0.177 e. The Hall–Kier alpha value is -1.92. The van der Waals surface area contributed by atoms with Crippen LogP contribution in [0.5, 0.6) is 0 Å². The third kappa shape index (κ3) is 1.49. The number of hydrogen-bond acceptors (Lipinski definition) is 5. The predicted octanol–water partition coefficient (Wildman–Crippen LogP) is 2.80. The lowest BCUT2D eigenvalue weighted by molar-refractivity contribution is -0.198. The van der Waals surface area contributed by atoms with Gasteiger partial charge in [0.1, 0.15) is 23.9 Å². The molecular formula is C18H22N4O2. The first-order chi connectivity index (χ1) is 11.4. The van der Waals surface area contributed by atoms with Gasteiger partial charge in [-0.15, -0.1) is 6.58 Å². The van der Waals surface area contributed by atoms with Gasteiger partial charge in [0.25, 0.3) is 0 Å². The first-order valence-corrected chi connectivity index (χ1v) is 8.51. The molecule has 6 heteroatoms. The Morgan fingerprint density at radius 1 is 1.42 bits per heavy atom. The lowest BCUT2D eigenvalue weighted by atomic mass is 9.61. The summed E-state index contributed by atoms with van der Waals surface area (Å²) in [7, 11) is 0. The molecule has 126 valence electrons. The van der Waals surface area contributed by atoms with E-state index >= 15 is 0 Å². The number of rotatable bonds is 2. The molecule has 0 bridgehead atoms. The lowest BCUT2D eigenvalue weighted by Gasteiger charge is -2.45. The van der Waals surface area contributed by atoms with E-state index < -0.39 is 11.5 Å². The summed E-state index contributed by atoms with van der Waals surface area (Å²) in [5.74, 6) is 0.383. The van der Waals surface area contributed by atoms with E-state index in [1.807, 2.05) is 26.1 Å². The summed E-state index contributed by atoms with van der Waals surface area (Å²) in [6.45, 7) is 8.08. The Bertz CT molecular complexity index is 860. The lowest BCUT2D eigenvalue weighted by Crippen LogP contribution is -2.47. The SMILES string of the molecule is C=C[C@@]12CC[C@@H]1C[C@]1(n3ccc4c(N)ncnc43)OC(C)(C)O[C@H]21. The molecule has 0 radical (unpaired) electrons. The van der Waals surface area contributed by atoms with Gasteiger partial charge < -0.3 is 19.8 Å². The predicted molar refractivity (Wildman–Crippen MR) is 89.9 cm³/mol. The Balaban J connectivity index is 1.75. The third-order valence-electron chi connectivity index (χ3n) is 6.25. The molecule has 0 unspecified atom stereocenters. The highest BCUT2D eigenvalue weighted by Gasteiger charge is 2.72. The molecule has 0 aromatic carbocycles. The molecule has 5 rings (SSSR count). The molecule has 24 heavy (non-hydrogen) atoms. The zero-order chi connectivity index (χ0) is 16.7. The van der Waals surface area contributed by atoms with Crippen molar-refractivity contribution in [3.8, 4) is 0 Å². The maximum Gasteiger partial charge on any atom is 0.177 e. The van der Waals surface area contributed by atoms with Crippen molar-refractivity contribution in [3.63, 3.8) is 0 Å². The molecule has 1 saturated heterocycles. The zero-order valence-electron chi connectivity index (χ0n) is 14.0. The second-order valence-corrected chi connectivity index (χ2v) is 7.78. The van der Waals surface area contributed by atoms with Gasteiger partial charge in [0, 0.05) is 18.0 Å². The number of ether oxygens (including phenoxy) is 2. The van der Waals surface area contributed by atoms with Crippen molar-refractivity contribution >= 4 is 16.9 Å². The summed E-state index contributed by atoms with van der Waals surface area (Å²) in [5.41, 5.74) is 6.24. The number of hydrogen-bond donors (Lipinski definition) is 1. The Kier molecular flexibility index (Phi) is 2.51. The summed E-state index contributed by atoms with van der Waals surface area (Å²) < 4.78 is 15.1. The molecule has 4 atom stereocenters. The van der Waals surface area contributed by atoms with Gasteiger partial charge in [-0.1, -0.05) is 6.08 Å². The van der Waals surface area contributed by atoms with Crippen molar-refractivity contribution in [3.05, 3.63) is 31.2 Å². The fraction of sp³-hybridized carbons (Fsp3) is 0.556. The molecule has 2 aromatic rings. The third-order valence-corrected chi connectivity index (χ3v) is 6.25. The van der Waals surface area contributed by atoms with Crippen LogP contribution < -0.4 is 5.73 Å². The molecule has 3 heterocycles. The van der Waals surface area contributed by atoms with E-state index in [1.54, 1.807) is 0 Å². The van der Waals surface area contributed by atoms with Crippen molar-refractivity contribution < 1.29 is 9.47 Å². The number of nitrogen functional groups attached to an aromatic ring is 1. The highest BCUT2D eigenvalue weighted by Crippen LogP contribution is 2.68. The van der Waals surface area contributed by atoms with Gasteiger partial charge in [-0.05, 0) is 38.7 Å². The fourth-order valence-electron chi connectivity index (χ4n) is 5.16. The number of anilines is 1. The van der Waals surface area contributed by atoms with Crippen molar-refractivity contribution in [1.29, 1.82) is 0 Å². The minimum atomic E-state index is -0.642. The van der Waals surface area contributed by atoms with Gasteiger partial charge in [-0.25, -0.2) is 9.97 Å². The standard InChI is InChI=1S/C18H22N4O2/c1-4-17-7-5-11(17)9-18(15(17)23-16(2,3)24-18)22-8-6-12-13(19)20-10-21-14(12)22/h4,6,8,10-11,15H,1,5,7,9H2,2-3H3,(H2,19,20,21)/t11-,15-,17-,18+/m1/s1. The Morgan fingerprint density at radius 2 is 2.25 bits per heavy atom. The normalized spacial score (nSPS) is 39.4. The van der Waals surface area contributed by atoms with Gasteiger partial charge in [0.05, 0.1) is 5.39 Å². The maximum atomic E-state index is 6.55. The van der Waals surface area contributed by atoms with E-state index in [-0.39, 0.29) is 11.5 Å². The van der Waals surface area contributed by atoms with E-state index in [0.29, 0.717) is 11.7 Å². The Labute approximate surface area is 140 Å². The van der Waals surface area contributed by atoms with E-state index in [4.69, 9.17) is 15.2 Å². The van der Waals surface area contributed by atoms with Gasteiger partial charge >= 0.3 is 0 Å². The number of fused-ring (bicyclic) bond motifs is 4. The van der Waals surface area contributed by atoms with Crippen LogP contribution in [-0.2, 0) is 15.2 Å². The molecule has 0 spiro atoms. The quantitative estimate of drug-likeness (QED) is 0.859. The minimum absolute atomic E-state index is 0.0110. The maximum absolute atomic E-state index is 6.55. The van der Waals surface area contributed by atoms with Crippen LogP contribution in [0.1, 0.15) is 33.1 Å². The molecule has 2 aromatic heterocycles. The second-order valence-electron chi connectivity index (χ2n) is 7.78. The first-order valence-electron chi connectivity index (χ1n) is 8.51. The number of nitrogens with zero attached hydrogens (tertiary/aromatic N) is 3. The van der Waals surface area contributed by atoms with Crippen LogP contribution >= 0.6 is 0 Å². The number of aromatic nitrogens is 3. The van der Waals surface area contributed by atoms with Crippen molar-refractivity contribution in [2.75, 3.05) is 5.73 Å². The fourth-order valence-corrected chi connectivity index (χ4v) is 5.16. The molecule has 2 N–H and O–H groups in total. The van der Waals surface area contributed by atoms with Crippen LogP contribution in [0.2, 0.25) is 0 Å². The van der Waals surface area contributed by atoms with Crippen molar-refractivity contribution in [2.24, 2.45) is 11.3 Å². The van der Waals surface area contributed by atoms with E-state index in [9.17, 15) is 0 Å². The van der Waals surface area contributed by atoms with E-state index in [0.717, 1.165) is 23.9 Å². The second kappa shape index (κ2) is 4.18. The van der Waals surface area contributed by atoms with E-state index in [2.05, 4.69) is 27.2 Å². The van der Waals surface area contributed by atoms with Crippen LogP contribution in [0.3, 0.4) is 0 Å². The summed E-state index contributed by atoms with van der Waals surface area (Å²) in [6.07, 6.45) is 8.73. The average molecular weight is 326 g/mol. The van der Waals surface area contributed by atoms with Crippen LogP contribution in [0.15, 0.2) is 31.2 Å². The van der Waals surface area contributed by atoms with Gasteiger partial charge in [-0.3, -0.25) is 0 Å². The zero-order valence-corrected chi connectivity index (χ0v) is 14.0. The van der Waals surface area contributed by atoms with Crippen LogP contribution in [-0.4, -0.2) is 26.4 Å². The molecule has 1 aliphatic heterocycles. The average Bonchev–Trinajstić information content (AvgIpc) is 3.10. The molecule has 2 saturated carbocycles. The molecule has 3 aliphatic rings. The van der Waals surface area contributed by atoms with Crippen molar-refractivity contribution in [2.45, 2.75) is 50.7 Å². The number of nitrogens with two attached hydrogens (primary N) is 1. The minimum Gasteiger partial charge on any atom is -0.383 e. The van der Waals surface area contributed by atoms with Crippen LogP contribution in [0.25, 0.3) is 11.0 Å². The molecule has 3 fully saturated rings. The summed E-state index contributed by atoms with van der Waals surface area (Å²) in [5, 5.41) is 0.853. The summed E-state index contributed by atoms with van der Waals surface area (Å²) in [4.78, 5) is 8.58. The van der Waals surface area contributed by atoms with Crippen LogP contribution in [0, 0.1) is 11.3 Å². The first kappa shape index (κ1) is 14.4. The van der Waals surface area contributed by atoms with Crippen molar-refractivity contribution in [1.82, 2.24) is 14.5 Å². The monoisotopic (exact) mass is 326 g/mol. The Morgan fingerprint density at radius 3 is 2.96 bits per heavy atom. The van der Waals surface area contributed by atoms with Gasteiger partial charge in [0.15, 0.2) is 11.5 Å². The van der Waals surface area contributed by atoms with Gasteiger partial charge in [-0.2, -0.15) is 0 Å². The highest BCUT2D eigenvalue weighted by atomic mass is 16.8. The van der Waals surface area contributed by atoms with Crippen LogP contribution in [0.4, 0.5) is 5.82 Å². The summed E-state index contributed by atoms with van der Waals surface area (Å²) in [6, 6.07) is 1.96. The molecule has 6 nitrogen and oxygen atoms in total.